The topological polar surface area (TPSA) is 65.3 Å². The highest BCUT2D eigenvalue weighted by atomic mass is 32.1. The molecule has 0 radical (unpaired) electrons. The maximum absolute atomic E-state index is 10.8. The number of allylic oxidation sites excluding steroid dienone is 2. The molecule has 1 heterocycles. The number of para-hydroxylation sites is 1. The quantitative estimate of drug-likeness (QED) is 0.375. The molecule has 0 bridgehead atoms. The highest BCUT2D eigenvalue weighted by Gasteiger charge is 2.08. The minimum atomic E-state index is -0.412. The summed E-state index contributed by atoms with van der Waals surface area (Å²) in [6.45, 7) is 0. The molecule has 0 aliphatic carbocycles. The Labute approximate surface area is 142 Å². The monoisotopic (exact) mass is 338 g/mol. The van der Waals surface area contributed by atoms with E-state index in [-0.39, 0.29) is 5.69 Å². The molecular formula is C18H14N2O3S. The number of thiazole rings is 1. The van der Waals surface area contributed by atoms with Crippen molar-refractivity contribution in [2.75, 3.05) is 7.11 Å². The molecule has 0 N–H and O–H groups in total. The van der Waals surface area contributed by atoms with Crippen molar-refractivity contribution in [2.45, 2.75) is 0 Å². The maximum atomic E-state index is 10.8. The standard InChI is InChI=1S/C18H14N2O3S/c1-23-16-8-4-2-6-13(16)7-3-5-9-18-19-15-12-14(20(21)22)10-11-17(15)24-18/h2-12H,1H3. The third-order valence-electron chi connectivity index (χ3n) is 3.36. The van der Waals surface area contributed by atoms with Crippen LogP contribution in [0.1, 0.15) is 10.6 Å². The molecule has 0 saturated heterocycles. The van der Waals surface area contributed by atoms with Gasteiger partial charge < -0.3 is 4.74 Å². The van der Waals surface area contributed by atoms with Crippen molar-refractivity contribution in [3.05, 3.63) is 75.3 Å². The van der Waals surface area contributed by atoms with E-state index in [4.69, 9.17) is 4.74 Å². The predicted octanol–water partition coefficient (Wildman–Crippen LogP) is 4.94. The molecule has 0 aliphatic rings. The zero-order valence-electron chi connectivity index (χ0n) is 12.9. The summed E-state index contributed by atoms with van der Waals surface area (Å²) in [5.41, 5.74) is 1.69. The van der Waals surface area contributed by atoms with Gasteiger partial charge in [-0.15, -0.1) is 11.3 Å². The van der Waals surface area contributed by atoms with Crippen molar-refractivity contribution in [2.24, 2.45) is 0 Å². The van der Waals surface area contributed by atoms with Gasteiger partial charge in [-0.1, -0.05) is 36.4 Å². The van der Waals surface area contributed by atoms with Crippen LogP contribution in [0.15, 0.2) is 54.6 Å². The van der Waals surface area contributed by atoms with E-state index in [1.54, 1.807) is 13.2 Å². The molecule has 0 saturated carbocycles. The molecule has 0 atom stereocenters. The fraction of sp³-hybridized carbons (Fsp3) is 0.0556. The van der Waals surface area contributed by atoms with Crippen molar-refractivity contribution < 1.29 is 9.66 Å². The normalized spacial score (nSPS) is 11.5. The van der Waals surface area contributed by atoms with Gasteiger partial charge in [0.1, 0.15) is 10.8 Å². The Morgan fingerprint density at radius 2 is 1.96 bits per heavy atom. The summed E-state index contributed by atoms with van der Waals surface area (Å²) in [4.78, 5) is 14.8. The lowest BCUT2D eigenvalue weighted by Crippen LogP contribution is -1.86. The first-order valence-electron chi connectivity index (χ1n) is 7.20. The van der Waals surface area contributed by atoms with E-state index in [0.29, 0.717) is 5.52 Å². The number of methoxy groups -OCH3 is 1. The first kappa shape index (κ1) is 15.9. The number of fused-ring (bicyclic) bond motifs is 1. The zero-order valence-corrected chi connectivity index (χ0v) is 13.7. The van der Waals surface area contributed by atoms with Gasteiger partial charge in [0.25, 0.3) is 5.69 Å². The molecule has 3 aromatic rings. The van der Waals surface area contributed by atoms with Gasteiger partial charge in [0, 0.05) is 17.7 Å². The Morgan fingerprint density at radius 3 is 2.75 bits per heavy atom. The number of benzene rings is 2. The third kappa shape index (κ3) is 3.49. The second-order valence-corrected chi connectivity index (χ2v) is 5.98. The number of aromatic nitrogens is 1. The average molecular weight is 338 g/mol. The molecule has 0 fully saturated rings. The smallest absolute Gasteiger partial charge is 0.271 e. The first-order chi connectivity index (χ1) is 11.7. The summed E-state index contributed by atoms with van der Waals surface area (Å²) in [6.07, 6.45) is 7.63. The Morgan fingerprint density at radius 1 is 1.17 bits per heavy atom. The largest absolute Gasteiger partial charge is 0.496 e. The van der Waals surface area contributed by atoms with Crippen molar-refractivity contribution >= 4 is 39.4 Å². The number of rotatable bonds is 5. The minimum absolute atomic E-state index is 0.0550. The third-order valence-corrected chi connectivity index (χ3v) is 4.36. The first-order valence-corrected chi connectivity index (χ1v) is 8.02. The van der Waals surface area contributed by atoms with Crippen LogP contribution in [0.4, 0.5) is 5.69 Å². The molecule has 0 amide bonds. The van der Waals surface area contributed by atoms with E-state index < -0.39 is 4.92 Å². The fourth-order valence-electron chi connectivity index (χ4n) is 2.22. The van der Waals surface area contributed by atoms with Gasteiger partial charge in [0.05, 0.1) is 22.2 Å². The molecule has 3 rings (SSSR count). The molecule has 0 aliphatic heterocycles. The van der Waals surface area contributed by atoms with Gasteiger partial charge in [0.2, 0.25) is 0 Å². The van der Waals surface area contributed by atoms with Crippen LogP contribution in [-0.4, -0.2) is 17.0 Å². The van der Waals surface area contributed by atoms with E-state index in [2.05, 4.69) is 4.98 Å². The van der Waals surface area contributed by atoms with Gasteiger partial charge in [0.15, 0.2) is 0 Å². The van der Waals surface area contributed by atoms with Crippen LogP contribution in [0.2, 0.25) is 0 Å². The Balaban J connectivity index is 1.78. The summed E-state index contributed by atoms with van der Waals surface area (Å²) in [6, 6.07) is 12.5. The van der Waals surface area contributed by atoms with Crippen LogP contribution in [0.3, 0.4) is 0 Å². The van der Waals surface area contributed by atoms with E-state index in [0.717, 1.165) is 21.0 Å². The van der Waals surface area contributed by atoms with Gasteiger partial charge >= 0.3 is 0 Å². The molecule has 5 nitrogen and oxygen atoms in total. The second-order valence-electron chi connectivity index (χ2n) is 4.92. The molecule has 120 valence electrons. The molecule has 0 spiro atoms. The van der Waals surface area contributed by atoms with Gasteiger partial charge in [-0.25, -0.2) is 4.98 Å². The minimum Gasteiger partial charge on any atom is -0.496 e. The number of hydrogen-bond donors (Lipinski definition) is 0. The highest BCUT2D eigenvalue weighted by molar-refractivity contribution is 7.19. The van der Waals surface area contributed by atoms with Gasteiger partial charge in [-0.3, -0.25) is 10.1 Å². The molecular weight excluding hydrogens is 324 g/mol. The van der Waals surface area contributed by atoms with E-state index in [1.165, 1.54) is 23.5 Å². The van der Waals surface area contributed by atoms with Crippen LogP contribution in [0, 0.1) is 10.1 Å². The summed E-state index contributed by atoms with van der Waals surface area (Å²) < 4.78 is 6.22. The van der Waals surface area contributed by atoms with Gasteiger partial charge in [-0.2, -0.15) is 0 Å². The van der Waals surface area contributed by atoms with Crippen molar-refractivity contribution in [1.29, 1.82) is 0 Å². The molecule has 0 unspecified atom stereocenters. The maximum Gasteiger partial charge on any atom is 0.271 e. The van der Waals surface area contributed by atoms with Crippen molar-refractivity contribution in [3.63, 3.8) is 0 Å². The highest BCUT2D eigenvalue weighted by Crippen LogP contribution is 2.26. The average Bonchev–Trinajstić information content (AvgIpc) is 3.00. The Hall–Kier alpha value is -2.99. The van der Waals surface area contributed by atoms with E-state index >= 15 is 0 Å². The summed E-state index contributed by atoms with van der Waals surface area (Å²) in [5.74, 6) is 0.814. The summed E-state index contributed by atoms with van der Waals surface area (Å²) in [7, 11) is 1.64. The van der Waals surface area contributed by atoms with Crippen molar-refractivity contribution in [1.82, 2.24) is 4.98 Å². The Kier molecular flexibility index (Phi) is 4.67. The number of nitro groups is 1. The SMILES string of the molecule is COc1ccccc1C=CC=Cc1nc2cc([N+](=O)[O-])ccc2s1. The number of nitrogens with zero attached hydrogens (tertiary/aromatic N) is 2. The summed E-state index contributed by atoms with van der Waals surface area (Å²) in [5, 5.41) is 11.6. The number of hydrogen-bond acceptors (Lipinski definition) is 5. The van der Waals surface area contributed by atoms with Crippen LogP contribution in [0.25, 0.3) is 22.4 Å². The van der Waals surface area contributed by atoms with E-state index in [9.17, 15) is 10.1 Å². The lowest BCUT2D eigenvalue weighted by molar-refractivity contribution is -0.384. The fourth-order valence-corrected chi connectivity index (χ4v) is 3.08. The predicted molar refractivity (Wildman–Crippen MR) is 97.3 cm³/mol. The van der Waals surface area contributed by atoms with Crippen LogP contribution < -0.4 is 4.74 Å². The summed E-state index contributed by atoms with van der Waals surface area (Å²) >= 11 is 1.49. The lowest BCUT2D eigenvalue weighted by atomic mass is 10.2. The van der Waals surface area contributed by atoms with Crippen LogP contribution in [-0.2, 0) is 0 Å². The van der Waals surface area contributed by atoms with Crippen LogP contribution in [0.5, 0.6) is 5.75 Å². The van der Waals surface area contributed by atoms with Crippen molar-refractivity contribution in [3.8, 4) is 5.75 Å². The van der Waals surface area contributed by atoms with E-state index in [1.807, 2.05) is 48.6 Å². The second kappa shape index (κ2) is 7.06. The van der Waals surface area contributed by atoms with Gasteiger partial charge in [-0.05, 0) is 18.2 Å². The lowest BCUT2D eigenvalue weighted by Gasteiger charge is -2.02. The molecule has 2 aromatic carbocycles. The Bertz CT molecular complexity index is 944. The number of ether oxygens (including phenoxy) is 1. The zero-order chi connectivity index (χ0) is 16.9. The number of nitro benzene ring substituents is 1. The molecule has 1 aromatic heterocycles. The molecule has 6 heteroatoms. The molecule has 24 heavy (non-hydrogen) atoms. The van der Waals surface area contributed by atoms with Crippen LogP contribution >= 0.6 is 11.3 Å². The number of non-ortho nitro benzene ring substituents is 1.